The van der Waals surface area contributed by atoms with Crippen molar-refractivity contribution in [3.05, 3.63) is 42.1 Å². The lowest BCUT2D eigenvalue weighted by Gasteiger charge is -2.31. The second kappa shape index (κ2) is 5.92. The van der Waals surface area contributed by atoms with Crippen LogP contribution in [0.4, 0.5) is 0 Å². The predicted octanol–water partition coefficient (Wildman–Crippen LogP) is 4.48. The number of fused-ring (bicyclic) bond motifs is 1. The summed E-state index contributed by atoms with van der Waals surface area (Å²) in [5.41, 5.74) is 1.96. The van der Waals surface area contributed by atoms with Crippen molar-refractivity contribution in [2.45, 2.75) is 45.1 Å². The molecule has 1 aromatic heterocycles. The molecule has 1 unspecified atom stereocenters. The maximum atomic E-state index is 10.8. The Morgan fingerprint density at radius 2 is 1.90 bits per heavy atom. The van der Waals surface area contributed by atoms with Gasteiger partial charge in [0.05, 0.1) is 11.6 Å². The number of para-hydroxylation sites is 1. The summed E-state index contributed by atoms with van der Waals surface area (Å²) in [6, 6.07) is 10.1. The van der Waals surface area contributed by atoms with Gasteiger partial charge in [-0.3, -0.25) is 4.98 Å². The third kappa shape index (κ3) is 2.57. The lowest BCUT2D eigenvalue weighted by Crippen LogP contribution is -2.20. The molecule has 1 atom stereocenters. The van der Waals surface area contributed by atoms with Crippen LogP contribution in [0.3, 0.4) is 0 Å². The number of benzene rings is 1. The molecule has 2 nitrogen and oxygen atoms in total. The summed E-state index contributed by atoms with van der Waals surface area (Å²) in [4.78, 5) is 4.47. The molecule has 1 heterocycles. The molecule has 1 fully saturated rings. The summed E-state index contributed by atoms with van der Waals surface area (Å²) in [5, 5.41) is 11.9. The van der Waals surface area contributed by atoms with Gasteiger partial charge >= 0.3 is 0 Å². The number of hydrogen-bond acceptors (Lipinski definition) is 2. The van der Waals surface area contributed by atoms with Crippen LogP contribution < -0.4 is 0 Å². The van der Waals surface area contributed by atoms with E-state index in [9.17, 15) is 5.11 Å². The third-order valence-corrected chi connectivity index (χ3v) is 4.90. The fourth-order valence-corrected chi connectivity index (χ4v) is 3.53. The highest BCUT2D eigenvalue weighted by Crippen LogP contribution is 2.39. The molecule has 2 heteroatoms. The minimum atomic E-state index is -0.369. The van der Waals surface area contributed by atoms with Crippen molar-refractivity contribution in [1.29, 1.82) is 0 Å². The van der Waals surface area contributed by atoms with Crippen molar-refractivity contribution in [1.82, 2.24) is 4.98 Å². The zero-order chi connectivity index (χ0) is 13.9. The van der Waals surface area contributed by atoms with Gasteiger partial charge in [-0.2, -0.15) is 0 Å². The Balaban J connectivity index is 1.84. The highest BCUT2D eigenvalue weighted by Gasteiger charge is 2.27. The summed E-state index contributed by atoms with van der Waals surface area (Å²) >= 11 is 0. The van der Waals surface area contributed by atoms with Crippen molar-refractivity contribution in [2.24, 2.45) is 11.8 Å². The molecule has 0 amide bonds. The molecule has 1 saturated carbocycles. The van der Waals surface area contributed by atoms with Gasteiger partial charge in [0.2, 0.25) is 0 Å². The van der Waals surface area contributed by atoms with E-state index in [-0.39, 0.29) is 6.10 Å². The molecular weight excluding hydrogens is 246 g/mol. The maximum absolute atomic E-state index is 10.8. The largest absolute Gasteiger partial charge is 0.388 e. The van der Waals surface area contributed by atoms with Gasteiger partial charge in [-0.15, -0.1) is 0 Å². The van der Waals surface area contributed by atoms with E-state index >= 15 is 0 Å². The Labute approximate surface area is 120 Å². The van der Waals surface area contributed by atoms with Crippen molar-refractivity contribution in [3.63, 3.8) is 0 Å². The molecule has 106 valence electrons. The van der Waals surface area contributed by atoms with E-state index in [2.05, 4.69) is 24.0 Å². The minimum absolute atomic E-state index is 0.369. The molecule has 0 spiro atoms. The molecule has 0 bridgehead atoms. The number of pyridine rings is 1. The van der Waals surface area contributed by atoms with Gasteiger partial charge in [0.15, 0.2) is 0 Å². The number of aliphatic hydroxyl groups is 1. The Hall–Kier alpha value is -1.41. The summed E-state index contributed by atoms with van der Waals surface area (Å²) in [6.45, 7) is 2.27. The molecule has 1 aliphatic rings. The smallest absolute Gasteiger partial charge is 0.0839 e. The molecule has 2 aromatic rings. The van der Waals surface area contributed by atoms with Gasteiger partial charge in [0, 0.05) is 17.1 Å². The topological polar surface area (TPSA) is 33.1 Å². The first-order valence-corrected chi connectivity index (χ1v) is 7.81. The van der Waals surface area contributed by atoms with Crippen LogP contribution in [0, 0.1) is 11.8 Å². The van der Waals surface area contributed by atoms with Gasteiger partial charge in [-0.25, -0.2) is 0 Å². The lowest BCUT2D eigenvalue weighted by atomic mass is 9.77. The monoisotopic (exact) mass is 269 g/mol. The van der Waals surface area contributed by atoms with Gasteiger partial charge < -0.3 is 5.11 Å². The zero-order valence-electron chi connectivity index (χ0n) is 12.1. The second-order valence-electron chi connectivity index (χ2n) is 6.06. The van der Waals surface area contributed by atoms with Gasteiger partial charge in [-0.05, 0) is 30.7 Å². The first-order valence-electron chi connectivity index (χ1n) is 7.81. The van der Waals surface area contributed by atoms with E-state index in [1.165, 1.54) is 19.3 Å². The summed E-state index contributed by atoms with van der Waals surface area (Å²) in [5.74, 6) is 1.26. The highest BCUT2D eigenvalue weighted by atomic mass is 16.3. The SMILES string of the molecule is CCC1CCC(C(O)c2cccc3cccnc23)CC1. The van der Waals surface area contributed by atoms with Crippen LogP contribution in [0.5, 0.6) is 0 Å². The lowest BCUT2D eigenvalue weighted by molar-refractivity contribution is 0.0739. The molecule has 0 radical (unpaired) electrons. The molecule has 3 rings (SSSR count). The molecular formula is C18H23NO. The predicted molar refractivity (Wildman–Crippen MR) is 82.4 cm³/mol. The van der Waals surface area contributed by atoms with Gasteiger partial charge in [0.1, 0.15) is 0 Å². The van der Waals surface area contributed by atoms with Crippen molar-refractivity contribution in [2.75, 3.05) is 0 Å². The number of rotatable bonds is 3. The molecule has 0 aliphatic heterocycles. The van der Waals surface area contributed by atoms with Crippen molar-refractivity contribution in [3.8, 4) is 0 Å². The van der Waals surface area contributed by atoms with Crippen LogP contribution in [0.1, 0.15) is 50.7 Å². The van der Waals surface area contributed by atoms with Crippen LogP contribution in [-0.2, 0) is 0 Å². The Bertz CT molecular complexity index is 567. The Morgan fingerprint density at radius 3 is 2.65 bits per heavy atom. The Morgan fingerprint density at radius 1 is 1.15 bits per heavy atom. The van der Waals surface area contributed by atoms with Gasteiger partial charge in [0.25, 0.3) is 0 Å². The summed E-state index contributed by atoms with van der Waals surface area (Å²) in [6.07, 6.45) is 7.52. The van der Waals surface area contributed by atoms with Crippen LogP contribution in [0.15, 0.2) is 36.5 Å². The number of hydrogen-bond donors (Lipinski definition) is 1. The van der Waals surface area contributed by atoms with E-state index in [0.717, 1.165) is 35.2 Å². The van der Waals surface area contributed by atoms with Crippen LogP contribution >= 0.6 is 0 Å². The highest BCUT2D eigenvalue weighted by molar-refractivity contribution is 5.81. The zero-order valence-corrected chi connectivity index (χ0v) is 12.1. The van der Waals surface area contributed by atoms with Crippen molar-refractivity contribution >= 4 is 10.9 Å². The third-order valence-electron chi connectivity index (χ3n) is 4.90. The fraction of sp³-hybridized carbons (Fsp3) is 0.500. The summed E-state index contributed by atoms with van der Waals surface area (Å²) in [7, 11) is 0. The van der Waals surface area contributed by atoms with E-state index < -0.39 is 0 Å². The molecule has 1 N–H and O–H groups in total. The second-order valence-corrected chi connectivity index (χ2v) is 6.06. The van der Waals surface area contributed by atoms with Gasteiger partial charge in [-0.1, -0.05) is 50.5 Å². The number of aliphatic hydroxyl groups excluding tert-OH is 1. The van der Waals surface area contributed by atoms with E-state index in [1.54, 1.807) is 0 Å². The number of nitrogens with zero attached hydrogens (tertiary/aromatic N) is 1. The van der Waals surface area contributed by atoms with E-state index in [4.69, 9.17) is 0 Å². The first kappa shape index (κ1) is 13.6. The van der Waals surface area contributed by atoms with Crippen LogP contribution in [0.25, 0.3) is 10.9 Å². The molecule has 1 aromatic carbocycles. The standard InChI is InChI=1S/C18H23NO/c1-2-13-8-10-15(11-9-13)18(20)16-7-3-5-14-6-4-12-19-17(14)16/h3-7,12-13,15,18,20H,2,8-11H2,1H3. The van der Waals surface area contributed by atoms with Crippen molar-refractivity contribution < 1.29 is 5.11 Å². The molecule has 1 aliphatic carbocycles. The quantitative estimate of drug-likeness (QED) is 0.891. The van der Waals surface area contributed by atoms with E-state index in [1.807, 2.05) is 24.4 Å². The van der Waals surface area contributed by atoms with Crippen LogP contribution in [0.2, 0.25) is 0 Å². The average molecular weight is 269 g/mol. The summed E-state index contributed by atoms with van der Waals surface area (Å²) < 4.78 is 0. The van der Waals surface area contributed by atoms with E-state index in [0.29, 0.717) is 5.92 Å². The average Bonchev–Trinajstić information content (AvgIpc) is 2.54. The first-order chi connectivity index (χ1) is 9.79. The minimum Gasteiger partial charge on any atom is -0.388 e. The fourth-order valence-electron chi connectivity index (χ4n) is 3.53. The number of aromatic nitrogens is 1. The normalized spacial score (nSPS) is 24.7. The molecule has 20 heavy (non-hydrogen) atoms. The van der Waals surface area contributed by atoms with Crippen LogP contribution in [-0.4, -0.2) is 10.1 Å². The molecule has 0 saturated heterocycles. The Kier molecular flexibility index (Phi) is 4.02. The maximum Gasteiger partial charge on any atom is 0.0839 e.